The van der Waals surface area contributed by atoms with E-state index in [-0.39, 0.29) is 5.17 Å². The minimum Gasteiger partial charge on any atom is -0.378 e. The Bertz CT molecular complexity index is 1030. The SMILES string of the molecule is CC(=O)N1C(=N)SC(=Cc2cc3cccc(C)c3nc2N2CCOCC2)C1=O. The lowest BCUT2D eigenvalue weighted by atomic mass is 10.1. The first kappa shape index (κ1) is 18.6. The van der Waals surface area contributed by atoms with E-state index >= 15 is 0 Å². The average molecular weight is 396 g/mol. The van der Waals surface area contributed by atoms with Gasteiger partial charge in [0.1, 0.15) is 5.82 Å². The van der Waals surface area contributed by atoms with Gasteiger partial charge in [-0.15, -0.1) is 0 Å². The number of ether oxygens (including phenoxy) is 1. The quantitative estimate of drug-likeness (QED) is 0.786. The molecular weight excluding hydrogens is 376 g/mol. The predicted molar refractivity (Wildman–Crippen MR) is 110 cm³/mol. The second-order valence-corrected chi connectivity index (χ2v) is 7.75. The summed E-state index contributed by atoms with van der Waals surface area (Å²) < 4.78 is 5.46. The highest BCUT2D eigenvalue weighted by atomic mass is 32.2. The molecule has 2 saturated heterocycles. The average Bonchev–Trinajstić information content (AvgIpc) is 2.95. The standard InChI is InChI=1S/C20H20N4O3S/c1-12-4-3-5-14-10-15(11-16-19(26)24(13(2)25)20(21)28-16)18(22-17(12)14)23-6-8-27-9-7-23/h3-5,10-11,21H,6-9H2,1-2H3. The van der Waals surface area contributed by atoms with Crippen LogP contribution >= 0.6 is 11.8 Å². The Kier molecular flexibility index (Phi) is 4.91. The van der Waals surface area contributed by atoms with Gasteiger partial charge in [0.05, 0.1) is 23.6 Å². The molecule has 1 aromatic carbocycles. The maximum Gasteiger partial charge on any atom is 0.273 e. The number of nitrogens with one attached hydrogen (secondary N) is 1. The monoisotopic (exact) mass is 396 g/mol. The lowest BCUT2D eigenvalue weighted by molar-refractivity contribution is -0.135. The number of thioether (sulfide) groups is 1. The van der Waals surface area contributed by atoms with Gasteiger partial charge in [-0.1, -0.05) is 18.2 Å². The van der Waals surface area contributed by atoms with E-state index in [1.165, 1.54) is 6.92 Å². The number of hydrogen-bond acceptors (Lipinski definition) is 7. The smallest absolute Gasteiger partial charge is 0.273 e. The van der Waals surface area contributed by atoms with Gasteiger partial charge in [0.2, 0.25) is 5.91 Å². The summed E-state index contributed by atoms with van der Waals surface area (Å²) in [6.07, 6.45) is 1.74. The number of imide groups is 1. The zero-order valence-electron chi connectivity index (χ0n) is 15.7. The molecule has 1 N–H and O–H groups in total. The van der Waals surface area contributed by atoms with Crippen molar-refractivity contribution in [3.63, 3.8) is 0 Å². The first-order valence-corrected chi connectivity index (χ1v) is 9.83. The number of morpholine rings is 1. The molecule has 4 rings (SSSR count). The van der Waals surface area contributed by atoms with Crippen molar-refractivity contribution in [1.82, 2.24) is 9.88 Å². The predicted octanol–water partition coefficient (Wildman–Crippen LogP) is 2.78. The molecule has 0 aliphatic carbocycles. The molecule has 144 valence electrons. The first-order valence-electron chi connectivity index (χ1n) is 9.02. The fourth-order valence-corrected chi connectivity index (χ4v) is 4.28. The van der Waals surface area contributed by atoms with Crippen LogP contribution in [-0.2, 0) is 14.3 Å². The molecule has 0 spiro atoms. The molecule has 0 saturated carbocycles. The molecule has 2 aliphatic rings. The minimum atomic E-state index is -0.459. The highest BCUT2D eigenvalue weighted by Crippen LogP contribution is 2.35. The summed E-state index contributed by atoms with van der Waals surface area (Å²) in [4.78, 5) is 32.6. The number of carbonyl (C=O) groups excluding carboxylic acids is 2. The van der Waals surface area contributed by atoms with Crippen LogP contribution in [0.5, 0.6) is 0 Å². The van der Waals surface area contributed by atoms with Crippen LogP contribution in [0.1, 0.15) is 18.1 Å². The van der Waals surface area contributed by atoms with Gasteiger partial charge in [0.15, 0.2) is 5.17 Å². The summed E-state index contributed by atoms with van der Waals surface area (Å²) in [6, 6.07) is 8.02. The third kappa shape index (κ3) is 3.29. The summed E-state index contributed by atoms with van der Waals surface area (Å²) in [5, 5.41) is 8.85. The highest BCUT2D eigenvalue weighted by Gasteiger charge is 2.35. The van der Waals surface area contributed by atoms with Gasteiger partial charge in [0, 0.05) is 31.0 Å². The lowest BCUT2D eigenvalue weighted by Crippen LogP contribution is -2.37. The Hall–Kier alpha value is -2.71. The number of rotatable bonds is 2. The molecule has 0 bridgehead atoms. The summed E-state index contributed by atoms with van der Waals surface area (Å²) >= 11 is 0.998. The largest absolute Gasteiger partial charge is 0.378 e. The van der Waals surface area contributed by atoms with Crippen LogP contribution < -0.4 is 4.90 Å². The normalized spacial score (nSPS) is 19.1. The molecule has 0 radical (unpaired) electrons. The van der Waals surface area contributed by atoms with Gasteiger partial charge in [-0.3, -0.25) is 15.0 Å². The van der Waals surface area contributed by atoms with Crippen LogP contribution in [0.15, 0.2) is 29.2 Å². The number of hydrogen-bond donors (Lipinski definition) is 1. The second-order valence-electron chi connectivity index (χ2n) is 6.72. The maximum atomic E-state index is 12.6. The van der Waals surface area contributed by atoms with Crippen molar-refractivity contribution in [2.45, 2.75) is 13.8 Å². The van der Waals surface area contributed by atoms with Gasteiger partial charge >= 0.3 is 0 Å². The molecule has 1 aromatic heterocycles. The molecular formula is C20H20N4O3S. The fraction of sp³-hybridized carbons (Fsp3) is 0.300. The van der Waals surface area contributed by atoms with Gasteiger partial charge in [-0.25, -0.2) is 9.88 Å². The summed E-state index contributed by atoms with van der Waals surface area (Å²) in [5.41, 5.74) is 2.81. The molecule has 2 aromatic rings. The van der Waals surface area contributed by atoms with Crippen molar-refractivity contribution in [1.29, 1.82) is 5.41 Å². The van der Waals surface area contributed by atoms with Gasteiger partial charge in [-0.2, -0.15) is 0 Å². The summed E-state index contributed by atoms with van der Waals surface area (Å²) in [6.45, 7) is 6.00. The Morgan fingerprint density at radius 3 is 2.75 bits per heavy atom. The number of carbonyl (C=O) groups is 2. The van der Waals surface area contributed by atoms with Gasteiger partial charge < -0.3 is 9.64 Å². The van der Waals surface area contributed by atoms with E-state index in [0.29, 0.717) is 18.1 Å². The molecule has 2 aliphatic heterocycles. The van der Waals surface area contributed by atoms with Crippen molar-refractivity contribution < 1.29 is 14.3 Å². The number of pyridine rings is 1. The van der Waals surface area contributed by atoms with Crippen LogP contribution in [0, 0.1) is 12.3 Å². The fourth-order valence-electron chi connectivity index (χ4n) is 3.40. The van der Waals surface area contributed by atoms with Crippen molar-refractivity contribution in [2.24, 2.45) is 0 Å². The Labute approximate surface area is 166 Å². The number of nitrogens with zero attached hydrogens (tertiary/aromatic N) is 3. The molecule has 8 heteroatoms. The number of para-hydroxylation sites is 1. The number of amides is 2. The van der Waals surface area contributed by atoms with E-state index in [1.807, 2.05) is 31.2 Å². The van der Waals surface area contributed by atoms with E-state index in [9.17, 15) is 9.59 Å². The molecule has 0 atom stereocenters. The number of anilines is 1. The van der Waals surface area contributed by atoms with Crippen molar-refractivity contribution in [3.05, 3.63) is 40.3 Å². The Balaban J connectivity index is 1.84. The Morgan fingerprint density at radius 1 is 1.32 bits per heavy atom. The number of aromatic nitrogens is 1. The molecule has 0 unspecified atom stereocenters. The Morgan fingerprint density at radius 2 is 2.07 bits per heavy atom. The molecule has 28 heavy (non-hydrogen) atoms. The zero-order valence-corrected chi connectivity index (χ0v) is 16.5. The van der Waals surface area contributed by atoms with E-state index < -0.39 is 11.8 Å². The van der Waals surface area contributed by atoms with Crippen LogP contribution in [0.3, 0.4) is 0 Å². The first-order chi connectivity index (χ1) is 13.5. The number of fused-ring (bicyclic) bond motifs is 1. The third-order valence-electron chi connectivity index (χ3n) is 4.79. The molecule has 3 heterocycles. The van der Waals surface area contributed by atoms with Gasteiger partial charge in [-0.05, 0) is 36.4 Å². The van der Waals surface area contributed by atoms with Crippen molar-refractivity contribution >= 4 is 51.5 Å². The third-order valence-corrected chi connectivity index (χ3v) is 5.68. The van der Waals surface area contributed by atoms with Crippen molar-refractivity contribution in [3.8, 4) is 0 Å². The zero-order chi connectivity index (χ0) is 19.8. The molecule has 7 nitrogen and oxygen atoms in total. The molecule has 2 amide bonds. The van der Waals surface area contributed by atoms with Crippen LogP contribution in [0.2, 0.25) is 0 Å². The van der Waals surface area contributed by atoms with Crippen LogP contribution in [0.4, 0.5) is 5.82 Å². The maximum absolute atomic E-state index is 12.6. The number of benzene rings is 1. The second kappa shape index (κ2) is 7.37. The van der Waals surface area contributed by atoms with E-state index in [1.54, 1.807) is 6.08 Å². The summed E-state index contributed by atoms with van der Waals surface area (Å²) in [7, 11) is 0. The highest BCUT2D eigenvalue weighted by molar-refractivity contribution is 8.18. The number of amidine groups is 1. The van der Waals surface area contributed by atoms with Gasteiger partial charge in [0.25, 0.3) is 5.91 Å². The number of aryl methyl sites for hydroxylation is 1. The van der Waals surface area contributed by atoms with E-state index in [0.717, 1.165) is 57.6 Å². The van der Waals surface area contributed by atoms with E-state index in [2.05, 4.69) is 4.90 Å². The van der Waals surface area contributed by atoms with Crippen LogP contribution in [0.25, 0.3) is 17.0 Å². The molecule has 2 fully saturated rings. The topological polar surface area (TPSA) is 86.6 Å². The van der Waals surface area contributed by atoms with Crippen LogP contribution in [-0.4, -0.2) is 53.2 Å². The lowest BCUT2D eigenvalue weighted by Gasteiger charge is -2.29. The van der Waals surface area contributed by atoms with E-state index in [4.69, 9.17) is 15.1 Å². The summed E-state index contributed by atoms with van der Waals surface area (Å²) in [5.74, 6) is -0.120. The minimum absolute atomic E-state index is 0.0683. The van der Waals surface area contributed by atoms with Crippen molar-refractivity contribution in [2.75, 3.05) is 31.2 Å².